The molecule has 0 saturated carbocycles. The zero-order valence-electron chi connectivity index (χ0n) is 22.5. The Bertz CT molecular complexity index is 1880. The highest BCUT2D eigenvalue weighted by atomic mass is 35.5. The average molecular weight is 644 g/mol. The van der Waals surface area contributed by atoms with Crippen LogP contribution in [0.4, 0.5) is 39.0 Å². The molecule has 44 heavy (non-hydrogen) atoms. The first kappa shape index (κ1) is 30.7. The molecule has 14 heteroatoms. The topological polar surface area (TPSA) is 92.1 Å². The number of halogens is 6. The van der Waals surface area contributed by atoms with Crippen molar-refractivity contribution in [2.24, 2.45) is 0 Å². The van der Waals surface area contributed by atoms with E-state index in [2.05, 4.69) is 26.1 Å². The van der Waals surface area contributed by atoms with Crippen LogP contribution < -0.4 is 19.5 Å². The number of ether oxygens (including phenoxy) is 2. The Morgan fingerprint density at radius 2 is 1.68 bits per heavy atom. The van der Waals surface area contributed by atoms with E-state index in [4.69, 9.17) is 21.1 Å². The van der Waals surface area contributed by atoms with Crippen LogP contribution in [0.1, 0.15) is 18.1 Å². The van der Waals surface area contributed by atoms with Crippen molar-refractivity contribution >= 4 is 51.5 Å². The highest BCUT2D eigenvalue weighted by Crippen LogP contribution is 2.40. The number of nitrogens with zero attached hydrogens (tertiary/aromatic N) is 3. The SMILES string of the molecule is CCOc1cc2ncc(C#N)c(Nc3ccc(OCc4cccnc4)c(Cl)c3)c2cc1NSc1c(F)c(F)c(F)c(F)c1F. The molecule has 0 bridgehead atoms. The van der Waals surface area contributed by atoms with Gasteiger partial charge in [-0.3, -0.25) is 9.97 Å². The molecule has 0 fully saturated rings. The van der Waals surface area contributed by atoms with Crippen molar-refractivity contribution in [3.05, 3.63) is 106 Å². The zero-order valence-corrected chi connectivity index (χ0v) is 24.1. The van der Waals surface area contributed by atoms with E-state index in [1.54, 1.807) is 43.6 Å². The van der Waals surface area contributed by atoms with Gasteiger partial charge in [0.05, 0.1) is 34.1 Å². The molecule has 0 aliphatic carbocycles. The number of hydrogen-bond donors (Lipinski definition) is 2. The highest BCUT2D eigenvalue weighted by molar-refractivity contribution is 8.00. The summed E-state index contributed by atoms with van der Waals surface area (Å²) < 4.78 is 83.7. The fraction of sp³-hybridized carbons (Fsp3) is 0.100. The summed E-state index contributed by atoms with van der Waals surface area (Å²) in [4.78, 5) is 7.22. The molecule has 0 atom stereocenters. The van der Waals surface area contributed by atoms with Gasteiger partial charge in [-0.2, -0.15) is 5.26 Å². The largest absolute Gasteiger partial charge is 0.492 e. The molecule has 0 unspecified atom stereocenters. The zero-order chi connectivity index (χ0) is 31.4. The summed E-state index contributed by atoms with van der Waals surface area (Å²) in [7, 11) is 0. The molecule has 0 aliphatic rings. The quantitative estimate of drug-likeness (QED) is 0.0676. The second-order valence-electron chi connectivity index (χ2n) is 8.98. The average Bonchev–Trinajstić information content (AvgIpc) is 3.03. The van der Waals surface area contributed by atoms with Gasteiger partial charge in [-0.25, -0.2) is 22.0 Å². The van der Waals surface area contributed by atoms with Crippen LogP contribution in [-0.4, -0.2) is 16.6 Å². The van der Waals surface area contributed by atoms with Gasteiger partial charge in [0.1, 0.15) is 29.1 Å². The summed E-state index contributed by atoms with van der Waals surface area (Å²) in [6.45, 7) is 2.12. The Morgan fingerprint density at radius 1 is 0.932 bits per heavy atom. The number of nitrogens with one attached hydrogen (secondary N) is 2. The molecular weight excluding hydrogens is 625 g/mol. The molecule has 2 aromatic heterocycles. The van der Waals surface area contributed by atoms with Gasteiger partial charge in [0.15, 0.2) is 23.3 Å². The molecule has 5 rings (SSSR count). The van der Waals surface area contributed by atoms with Crippen LogP contribution in [0.25, 0.3) is 10.9 Å². The van der Waals surface area contributed by atoms with Crippen LogP contribution in [0.5, 0.6) is 11.5 Å². The lowest BCUT2D eigenvalue weighted by Crippen LogP contribution is -2.05. The lowest BCUT2D eigenvalue weighted by Gasteiger charge is -2.17. The number of hydrogen-bond acceptors (Lipinski definition) is 8. The molecule has 2 N–H and O–H groups in total. The van der Waals surface area contributed by atoms with Gasteiger partial charge in [-0.15, -0.1) is 0 Å². The van der Waals surface area contributed by atoms with Crippen molar-refractivity contribution in [1.82, 2.24) is 9.97 Å². The van der Waals surface area contributed by atoms with Crippen molar-refractivity contribution in [2.45, 2.75) is 18.4 Å². The fourth-order valence-corrected chi connectivity index (χ4v) is 5.02. The van der Waals surface area contributed by atoms with E-state index < -0.39 is 34.0 Å². The maximum Gasteiger partial charge on any atom is 0.200 e. The van der Waals surface area contributed by atoms with Crippen LogP contribution in [0.2, 0.25) is 5.02 Å². The first-order valence-electron chi connectivity index (χ1n) is 12.7. The van der Waals surface area contributed by atoms with Gasteiger partial charge >= 0.3 is 0 Å². The number of rotatable bonds is 10. The van der Waals surface area contributed by atoms with Crippen molar-refractivity contribution in [2.75, 3.05) is 16.6 Å². The van der Waals surface area contributed by atoms with Crippen LogP contribution in [0, 0.1) is 40.4 Å². The summed E-state index contributed by atoms with van der Waals surface area (Å²) in [6, 6.07) is 13.6. The molecule has 0 spiro atoms. The Morgan fingerprint density at radius 3 is 2.34 bits per heavy atom. The summed E-state index contributed by atoms with van der Waals surface area (Å²) in [5.74, 6) is -9.78. The minimum Gasteiger partial charge on any atom is -0.492 e. The Balaban J connectivity index is 1.48. The standard InChI is InChI=1S/C30H19ClF5N5O2S/c1-2-42-23-10-20-18(9-21(23)41-44-30-27(35)25(33)24(32)26(34)28(30)36)29(16(11-37)13-39-20)40-17-5-6-22(19(31)8-17)43-14-15-4-3-7-38-12-15/h3-10,12-13,41H,2,14H2,1H3,(H,39,40). The third-order valence-corrected chi connectivity index (χ3v) is 7.32. The van der Waals surface area contributed by atoms with Gasteiger partial charge in [0.2, 0.25) is 5.82 Å². The third-order valence-electron chi connectivity index (χ3n) is 6.14. The van der Waals surface area contributed by atoms with E-state index in [1.165, 1.54) is 18.3 Å². The predicted octanol–water partition coefficient (Wildman–Crippen LogP) is 8.69. The van der Waals surface area contributed by atoms with Crippen LogP contribution in [-0.2, 0) is 6.61 Å². The second-order valence-corrected chi connectivity index (χ2v) is 10.2. The molecule has 5 aromatic rings. The van der Waals surface area contributed by atoms with E-state index in [9.17, 15) is 27.2 Å². The lowest BCUT2D eigenvalue weighted by molar-refractivity contribution is 0.306. The Kier molecular flexibility index (Phi) is 9.22. The highest BCUT2D eigenvalue weighted by Gasteiger charge is 2.26. The summed E-state index contributed by atoms with van der Waals surface area (Å²) >= 11 is 6.64. The van der Waals surface area contributed by atoms with Crippen LogP contribution >= 0.6 is 23.5 Å². The molecular formula is C30H19ClF5N5O2S. The van der Waals surface area contributed by atoms with E-state index in [-0.39, 0.29) is 47.2 Å². The van der Waals surface area contributed by atoms with Gasteiger partial charge in [-0.05, 0) is 49.2 Å². The Hall–Kier alpha value is -4.80. The van der Waals surface area contributed by atoms with Crippen molar-refractivity contribution < 1.29 is 31.4 Å². The molecule has 0 radical (unpaired) electrons. The number of benzene rings is 3. The monoisotopic (exact) mass is 643 g/mol. The van der Waals surface area contributed by atoms with Crippen molar-refractivity contribution in [3.63, 3.8) is 0 Å². The van der Waals surface area contributed by atoms with Crippen molar-refractivity contribution in [3.8, 4) is 17.6 Å². The first-order chi connectivity index (χ1) is 21.2. The maximum atomic E-state index is 14.3. The van der Waals surface area contributed by atoms with Crippen LogP contribution in [0.15, 0.2) is 66.0 Å². The molecule has 0 saturated heterocycles. The first-order valence-corrected chi connectivity index (χ1v) is 13.9. The Labute approximate surface area is 256 Å². The fourth-order valence-electron chi connectivity index (χ4n) is 4.06. The number of fused-ring (bicyclic) bond motifs is 1. The molecule has 224 valence electrons. The minimum atomic E-state index is -2.26. The number of aromatic nitrogens is 2. The van der Waals surface area contributed by atoms with E-state index in [0.29, 0.717) is 28.0 Å². The van der Waals surface area contributed by atoms with Gasteiger partial charge in [0.25, 0.3) is 0 Å². The summed E-state index contributed by atoms with van der Waals surface area (Å²) in [5, 5.41) is 13.6. The molecule has 2 heterocycles. The maximum absolute atomic E-state index is 14.3. The molecule has 7 nitrogen and oxygen atoms in total. The summed E-state index contributed by atoms with van der Waals surface area (Å²) in [6.07, 6.45) is 4.67. The minimum absolute atomic E-state index is 0.116. The number of pyridine rings is 2. The second kappa shape index (κ2) is 13.2. The third kappa shape index (κ3) is 6.27. The van der Waals surface area contributed by atoms with Crippen LogP contribution in [0.3, 0.4) is 0 Å². The van der Waals surface area contributed by atoms with Gasteiger partial charge < -0.3 is 19.5 Å². The van der Waals surface area contributed by atoms with E-state index in [0.717, 1.165) is 5.56 Å². The molecule has 3 aromatic carbocycles. The van der Waals surface area contributed by atoms with Gasteiger partial charge in [-0.1, -0.05) is 17.7 Å². The van der Waals surface area contributed by atoms with Crippen molar-refractivity contribution in [1.29, 1.82) is 5.26 Å². The lowest BCUT2D eigenvalue weighted by atomic mass is 10.1. The smallest absolute Gasteiger partial charge is 0.200 e. The molecule has 0 aliphatic heterocycles. The van der Waals surface area contributed by atoms with E-state index >= 15 is 0 Å². The molecule has 0 amide bonds. The van der Waals surface area contributed by atoms with E-state index in [1.807, 2.05) is 6.07 Å². The predicted molar refractivity (Wildman–Crippen MR) is 157 cm³/mol. The normalized spacial score (nSPS) is 10.9. The van der Waals surface area contributed by atoms with Gasteiger partial charge in [0, 0.05) is 41.3 Å². The number of anilines is 3. The number of nitriles is 1. The summed E-state index contributed by atoms with van der Waals surface area (Å²) in [5.41, 5.74) is 2.29.